The van der Waals surface area contributed by atoms with Gasteiger partial charge in [-0.25, -0.2) is 0 Å². The Hall–Kier alpha value is -2.93. The maximum Gasteiger partial charge on any atom is 0.221 e. The van der Waals surface area contributed by atoms with Crippen LogP contribution >= 0.6 is 0 Å². The number of H-pyrrole nitrogens is 1. The molecule has 0 bridgehead atoms. The van der Waals surface area contributed by atoms with Crippen molar-refractivity contribution in [3.8, 4) is 0 Å². The number of pyridine rings is 1. The fraction of sp³-hybridized carbons (Fsp3) is 0.409. The number of anilines is 2. The van der Waals surface area contributed by atoms with Gasteiger partial charge in [-0.2, -0.15) is 5.10 Å². The molecular formula is C22H28N6O. The molecule has 0 saturated carbocycles. The van der Waals surface area contributed by atoms with Gasteiger partial charge in [0.15, 0.2) is 5.82 Å². The predicted molar refractivity (Wildman–Crippen MR) is 116 cm³/mol. The van der Waals surface area contributed by atoms with Crippen LogP contribution in [0.4, 0.5) is 11.5 Å². The Labute approximate surface area is 171 Å². The molecule has 29 heavy (non-hydrogen) atoms. The first kappa shape index (κ1) is 19.4. The van der Waals surface area contributed by atoms with E-state index >= 15 is 0 Å². The molecule has 3 heterocycles. The van der Waals surface area contributed by atoms with Gasteiger partial charge in [0.25, 0.3) is 0 Å². The van der Waals surface area contributed by atoms with Crippen molar-refractivity contribution in [2.75, 3.05) is 42.9 Å². The number of aryl methyl sites for hydroxylation is 2. The molecule has 1 amide bonds. The van der Waals surface area contributed by atoms with Gasteiger partial charge >= 0.3 is 0 Å². The molecular weight excluding hydrogens is 364 g/mol. The molecule has 152 valence electrons. The third-order valence-corrected chi connectivity index (χ3v) is 5.48. The van der Waals surface area contributed by atoms with Gasteiger partial charge in [0.1, 0.15) is 0 Å². The zero-order valence-corrected chi connectivity index (χ0v) is 17.1. The van der Waals surface area contributed by atoms with Gasteiger partial charge in [-0.05, 0) is 50.6 Å². The SMILES string of the molecule is CC(=O)Nc1ccc(CCCN2CCN(c3n[nH]c4ccccc34)CC2)nc1C. The van der Waals surface area contributed by atoms with E-state index in [4.69, 9.17) is 0 Å². The van der Waals surface area contributed by atoms with E-state index in [1.165, 1.54) is 12.3 Å². The number of fused-ring (bicyclic) bond motifs is 1. The highest BCUT2D eigenvalue weighted by atomic mass is 16.1. The number of benzene rings is 1. The molecule has 3 aromatic rings. The highest BCUT2D eigenvalue weighted by Crippen LogP contribution is 2.24. The van der Waals surface area contributed by atoms with Crippen LogP contribution in [0.25, 0.3) is 10.9 Å². The van der Waals surface area contributed by atoms with E-state index in [-0.39, 0.29) is 5.91 Å². The van der Waals surface area contributed by atoms with E-state index in [0.717, 1.165) is 74.0 Å². The second-order valence-electron chi connectivity index (χ2n) is 7.64. The Morgan fingerprint density at radius 3 is 2.69 bits per heavy atom. The summed E-state index contributed by atoms with van der Waals surface area (Å²) < 4.78 is 0. The molecule has 0 atom stereocenters. The summed E-state index contributed by atoms with van der Waals surface area (Å²) >= 11 is 0. The standard InChI is InChI=1S/C22H28N6O/c1-16-20(24-17(2)29)10-9-18(23-16)6-5-11-27-12-14-28(15-13-27)22-19-7-3-4-8-21(19)25-26-22/h3-4,7-10H,5-6,11-15H2,1-2H3,(H,24,29)(H,25,26). The summed E-state index contributed by atoms with van der Waals surface area (Å²) in [5, 5.41) is 11.7. The van der Waals surface area contributed by atoms with Crippen LogP contribution in [0.1, 0.15) is 24.7 Å². The summed E-state index contributed by atoms with van der Waals surface area (Å²) in [6.07, 6.45) is 2.03. The van der Waals surface area contributed by atoms with Crippen molar-refractivity contribution in [3.05, 3.63) is 47.8 Å². The molecule has 0 radical (unpaired) electrons. The molecule has 1 saturated heterocycles. The summed E-state index contributed by atoms with van der Waals surface area (Å²) in [5.74, 6) is 1.00. The van der Waals surface area contributed by atoms with Crippen LogP contribution in [-0.2, 0) is 11.2 Å². The zero-order chi connectivity index (χ0) is 20.2. The Kier molecular flexibility index (Phi) is 5.76. The molecule has 1 fully saturated rings. The molecule has 7 nitrogen and oxygen atoms in total. The minimum absolute atomic E-state index is 0.0652. The lowest BCUT2D eigenvalue weighted by Crippen LogP contribution is -2.46. The first-order chi connectivity index (χ1) is 14.1. The van der Waals surface area contributed by atoms with Crippen molar-refractivity contribution in [2.24, 2.45) is 0 Å². The number of nitrogens with zero attached hydrogens (tertiary/aromatic N) is 4. The van der Waals surface area contributed by atoms with Gasteiger partial charge in [0.05, 0.1) is 16.9 Å². The van der Waals surface area contributed by atoms with Crippen molar-refractivity contribution >= 4 is 28.3 Å². The van der Waals surface area contributed by atoms with Crippen molar-refractivity contribution in [2.45, 2.75) is 26.7 Å². The van der Waals surface area contributed by atoms with Crippen LogP contribution in [-0.4, -0.2) is 58.7 Å². The lowest BCUT2D eigenvalue weighted by atomic mass is 10.1. The van der Waals surface area contributed by atoms with Crippen molar-refractivity contribution in [1.29, 1.82) is 0 Å². The summed E-state index contributed by atoms with van der Waals surface area (Å²) in [6, 6.07) is 12.3. The highest BCUT2D eigenvalue weighted by molar-refractivity contribution is 5.90. The van der Waals surface area contributed by atoms with Crippen LogP contribution in [0.5, 0.6) is 0 Å². The fourth-order valence-electron chi connectivity index (χ4n) is 3.93. The van der Waals surface area contributed by atoms with Crippen LogP contribution in [0.2, 0.25) is 0 Å². The second-order valence-corrected chi connectivity index (χ2v) is 7.64. The van der Waals surface area contributed by atoms with Crippen LogP contribution in [0.15, 0.2) is 36.4 Å². The van der Waals surface area contributed by atoms with Gasteiger partial charge in [0.2, 0.25) is 5.91 Å². The largest absolute Gasteiger partial charge is 0.352 e. The molecule has 1 aliphatic rings. The van der Waals surface area contributed by atoms with Crippen LogP contribution in [0.3, 0.4) is 0 Å². The Morgan fingerprint density at radius 2 is 1.93 bits per heavy atom. The number of aromatic nitrogens is 3. The first-order valence-electron chi connectivity index (χ1n) is 10.2. The summed E-state index contributed by atoms with van der Waals surface area (Å²) in [7, 11) is 0. The average molecular weight is 393 g/mol. The van der Waals surface area contributed by atoms with E-state index in [9.17, 15) is 4.79 Å². The monoisotopic (exact) mass is 392 g/mol. The first-order valence-corrected chi connectivity index (χ1v) is 10.2. The van der Waals surface area contributed by atoms with Gasteiger partial charge < -0.3 is 10.2 Å². The van der Waals surface area contributed by atoms with Crippen molar-refractivity contribution < 1.29 is 4.79 Å². The topological polar surface area (TPSA) is 77.2 Å². The third kappa shape index (κ3) is 4.56. The number of aromatic amines is 1. The number of nitrogens with one attached hydrogen (secondary N) is 2. The van der Waals surface area contributed by atoms with Crippen molar-refractivity contribution in [3.63, 3.8) is 0 Å². The van der Waals surface area contributed by atoms with E-state index in [2.05, 4.69) is 48.5 Å². The van der Waals surface area contributed by atoms with Gasteiger partial charge in [-0.15, -0.1) is 0 Å². The fourth-order valence-corrected chi connectivity index (χ4v) is 3.93. The Morgan fingerprint density at radius 1 is 1.14 bits per heavy atom. The quantitative estimate of drug-likeness (QED) is 0.674. The number of para-hydroxylation sites is 1. The molecule has 4 rings (SSSR count). The predicted octanol–water partition coefficient (Wildman–Crippen LogP) is 2.98. The maximum atomic E-state index is 11.2. The molecule has 0 unspecified atom stereocenters. The number of carbonyl (C=O) groups is 1. The van der Waals surface area contributed by atoms with E-state index < -0.39 is 0 Å². The minimum atomic E-state index is -0.0652. The number of carbonyl (C=O) groups excluding carboxylic acids is 1. The van der Waals surface area contributed by atoms with Gasteiger partial charge in [-0.3, -0.25) is 19.8 Å². The third-order valence-electron chi connectivity index (χ3n) is 5.48. The van der Waals surface area contributed by atoms with E-state index in [1.807, 2.05) is 25.1 Å². The molecule has 1 aromatic carbocycles. The normalized spacial score (nSPS) is 15.0. The number of hydrogen-bond donors (Lipinski definition) is 2. The lowest BCUT2D eigenvalue weighted by Gasteiger charge is -2.35. The molecule has 7 heteroatoms. The average Bonchev–Trinajstić information content (AvgIpc) is 3.14. The molecule has 0 aliphatic carbocycles. The minimum Gasteiger partial charge on any atom is -0.352 e. The Bertz CT molecular complexity index is 990. The second kappa shape index (κ2) is 8.61. The molecule has 1 aliphatic heterocycles. The summed E-state index contributed by atoms with van der Waals surface area (Å²) in [5.41, 5.74) is 3.84. The molecule has 2 N–H and O–H groups in total. The highest BCUT2D eigenvalue weighted by Gasteiger charge is 2.20. The maximum absolute atomic E-state index is 11.2. The smallest absolute Gasteiger partial charge is 0.221 e. The molecule has 2 aromatic heterocycles. The summed E-state index contributed by atoms with van der Waals surface area (Å²) in [4.78, 5) is 20.7. The molecule has 0 spiro atoms. The lowest BCUT2D eigenvalue weighted by molar-refractivity contribution is -0.114. The number of rotatable bonds is 6. The van der Waals surface area contributed by atoms with Gasteiger partial charge in [-0.1, -0.05) is 12.1 Å². The number of piperazine rings is 1. The Balaban J connectivity index is 1.25. The number of amides is 1. The zero-order valence-electron chi connectivity index (χ0n) is 17.1. The van der Waals surface area contributed by atoms with E-state index in [0.29, 0.717) is 0 Å². The summed E-state index contributed by atoms with van der Waals surface area (Å²) in [6.45, 7) is 8.62. The van der Waals surface area contributed by atoms with Crippen LogP contribution in [0, 0.1) is 6.92 Å². The van der Waals surface area contributed by atoms with Crippen LogP contribution < -0.4 is 10.2 Å². The van der Waals surface area contributed by atoms with Crippen molar-refractivity contribution in [1.82, 2.24) is 20.1 Å². The van der Waals surface area contributed by atoms with Gasteiger partial charge in [0, 0.05) is 44.2 Å². The van der Waals surface area contributed by atoms with E-state index in [1.54, 1.807) is 0 Å². The number of hydrogen-bond acceptors (Lipinski definition) is 5.